The van der Waals surface area contributed by atoms with Crippen molar-refractivity contribution >= 4 is 17.7 Å². The summed E-state index contributed by atoms with van der Waals surface area (Å²) in [7, 11) is 0. The lowest BCUT2D eigenvalue weighted by Crippen LogP contribution is -2.53. The number of nitrogens with two attached hydrogens (primary N) is 1. The Bertz CT molecular complexity index is 982. The highest BCUT2D eigenvalue weighted by Crippen LogP contribution is 2.20. The maximum absolute atomic E-state index is 14.3. The minimum Gasteiger partial charge on any atom is -0.351 e. The summed E-state index contributed by atoms with van der Waals surface area (Å²) in [5, 5.41) is 14.4. The van der Waals surface area contributed by atoms with E-state index >= 15 is 0 Å². The number of nitriles is 1. The molecule has 0 spiro atoms. The first kappa shape index (κ1) is 28.1. The molecule has 35 heavy (non-hydrogen) atoms. The molecule has 0 saturated carbocycles. The van der Waals surface area contributed by atoms with Crippen LogP contribution in [0.5, 0.6) is 0 Å². The van der Waals surface area contributed by atoms with Crippen molar-refractivity contribution in [2.75, 3.05) is 6.54 Å². The van der Waals surface area contributed by atoms with E-state index in [4.69, 9.17) is 5.73 Å². The van der Waals surface area contributed by atoms with Crippen LogP contribution in [0.15, 0.2) is 12.1 Å². The van der Waals surface area contributed by atoms with E-state index in [-0.39, 0.29) is 24.3 Å². The quantitative estimate of drug-likeness (QED) is 0.427. The number of amides is 3. The van der Waals surface area contributed by atoms with Gasteiger partial charge in [0, 0.05) is 25.1 Å². The van der Waals surface area contributed by atoms with Crippen LogP contribution in [-0.2, 0) is 20.8 Å². The van der Waals surface area contributed by atoms with E-state index in [2.05, 4.69) is 16.7 Å². The van der Waals surface area contributed by atoms with Gasteiger partial charge in [-0.2, -0.15) is 5.26 Å². The van der Waals surface area contributed by atoms with Crippen LogP contribution in [0.1, 0.15) is 52.0 Å². The lowest BCUT2D eigenvalue weighted by Gasteiger charge is -2.26. The van der Waals surface area contributed by atoms with Crippen molar-refractivity contribution in [1.82, 2.24) is 15.5 Å². The van der Waals surface area contributed by atoms with Gasteiger partial charge in [-0.05, 0) is 50.2 Å². The summed E-state index contributed by atoms with van der Waals surface area (Å²) in [6.07, 6.45) is 0.993. The fourth-order valence-corrected chi connectivity index (χ4v) is 4.01. The smallest absolute Gasteiger partial charge is 0.242 e. The number of carbonyl (C=O) groups excluding carboxylic acids is 3. The van der Waals surface area contributed by atoms with Gasteiger partial charge in [0.05, 0.1) is 12.1 Å². The lowest BCUT2D eigenvalue weighted by molar-refractivity contribution is -0.133. The molecule has 0 radical (unpaired) electrons. The molecule has 4 atom stereocenters. The minimum absolute atomic E-state index is 0.170. The summed E-state index contributed by atoms with van der Waals surface area (Å²) >= 11 is 0. The van der Waals surface area contributed by atoms with E-state index in [1.54, 1.807) is 0 Å². The molecule has 2 rings (SSSR count). The molecule has 1 aliphatic rings. The van der Waals surface area contributed by atoms with Crippen molar-refractivity contribution in [2.45, 2.75) is 77.0 Å². The molecule has 11 heteroatoms. The molecule has 192 valence electrons. The first-order chi connectivity index (χ1) is 16.4. The van der Waals surface area contributed by atoms with Crippen LogP contribution < -0.4 is 16.4 Å². The number of likely N-dealkylation sites (tertiary alicyclic amines) is 1. The van der Waals surface area contributed by atoms with Gasteiger partial charge >= 0.3 is 0 Å². The molecular formula is C24H32F3N5O3. The normalized spacial score (nSPS) is 18.0. The van der Waals surface area contributed by atoms with Gasteiger partial charge in [0.2, 0.25) is 17.7 Å². The molecule has 3 amide bonds. The van der Waals surface area contributed by atoms with Gasteiger partial charge < -0.3 is 21.3 Å². The molecular weight excluding hydrogens is 463 g/mol. The van der Waals surface area contributed by atoms with Crippen LogP contribution in [0.2, 0.25) is 0 Å². The Hall–Kier alpha value is -3.13. The SMILES string of the molecule is CC(C)CC(N)C(=O)NC(C)C(=O)NC(CC(=O)N1CCCC1C#N)Cc1cc(F)c(F)cc1F. The van der Waals surface area contributed by atoms with Crippen molar-refractivity contribution in [2.24, 2.45) is 11.7 Å². The molecule has 1 aromatic carbocycles. The summed E-state index contributed by atoms with van der Waals surface area (Å²) in [6, 6.07) is -0.299. The molecule has 1 heterocycles. The Kier molecular flexibility index (Phi) is 10.1. The van der Waals surface area contributed by atoms with Crippen molar-refractivity contribution in [3.8, 4) is 6.07 Å². The predicted molar refractivity (Wildman–Crippen MR) is 122 cm³/mol. The fraction of sp³-hybridized carbons (Fsp3) is 0.583. The lowest BCUT2D eigenvalue weighted by atomic mass is 10.0. The van der Waals surface area contributed by atoms with Gasteiger partial charge in [0.25, 0.3) is 0 Å². The van der Waals surface area contributed by atoms with E-state index < -0.39 is 59.3 Å². The minimum atomic E-state index is -1.36. The second-order valence-corrected chi connectivity index (χ2v) is 9.31. The Labute approximate surface area is 203 Å². The third-order valence-corrected chi connectivity index (χ3v) is 5.86. The average molecular weight is 496 g/mol. The zero-order valence-corrected chi connectivity index (χ0v) is 20.1. The molecule has 0 aromatic heterocycles. The number of halogens is 3. The van der Waals surface area contributed by atoms with Gasteiger partial charge in [-0.3, -0.25) is 14.4 Å². The third kappa shape index (κ3) is 7.96. The predicted octanol–water partition coefficient (Wildman–Crippen LogP) is 1.91. The number of rotatable bonds is 10. The number of hydrogen-bond donors (Lipinski definition) is 3. The van der Waals surface area contributed by atoms with Gasteiger partial charge in [0.1, 0.15) is 17.9 Å². The number of carbonyl (C=O) groups is 3. The third-order valence-electron chi connectivity index (χ3n) is 5.86. The molecule has 1 aliphatic heterocycles. The molecule has 4 unspecified atom stereocenters. The highest BCUT2D eigenvalue weighted by Gasteiger charge is 2.31. The second-order valence-electron chi connectivity index (χ2n) is 9.31. The van der Waals surface area contributed by atoms with Gasteiger partial charge in [0.15, 0.2) is 11.6 Å². The average Bonchev–Trinajstić information content (AvgIpc) is 3.25. The number of hydrogen-bond acceptors (Lipinski definition) is 5. The largest absolute Gasteiger partial charge is 0.351 e. The van der Waals surface area contributed by atoms with Gasteiger partial charge in [-0.15, -0.1) is 0 Å². The first-order valence-corrected chi connectivity index (χ1v) is 11.6. The van der Waals surface area contributed by atoms with E-state index in [1.807, 2.05) is 13.8 Å². The Balaban J connectivity index is 2.16. The molecule has 1 saturated heterocycles. The molecule has 1 fully saturated rings. The van der Waals surface area contributed by atoms with Gasteiger partial charge in [-0.25, -0.2) is 13.2 Å². The maximum atomic E-state index is 14.3. The first-order valence-electron chi connectivity index (χ1n) is 11.6. The van der Waals surface area contributed by atoms with E-state index in [0.717, 1.165) is 0 Å². The van der Waals surface area contributed by atoms with Crippen LogP contribution >= 0.6 is 0 Å². The van der Waals surface area contributed by atoms with Crippen LogP contribution in [-0.4, -0.2) is 53.3 Å². The summed E-state index contributed by atoms with van der Waals surface area (Å²) in [5.74, 6) is -5.08. The zero-order chi connectivity index (χ0) is 26.3. The van der Waals surface area contributed by atoms with Crippen molar-refractivity contribution < 1.29 is 27.6 Å². The molecule has 0 bridgehead atoms. The topological polar surface area (TPSA) is 128 Å². The van der Waals surface area contributed by atoms with E-state index in [0.29, 0.717) is 37.9 Å². The molecule has 0 aliphatic carbocycles. The van der Waals surface area contributed by atoms with E-state index in [9.17, 15) is 32.8 Å². The van der Waals surface area contributed by atoms with Crippen LogP contribution in [0, 0.1) is 34.7 Å². The van der Waals surface area contributed by atoms with Crippen molar-refractivity contribution in [3.63, 3.8) is 0 Å². The Morgan fingerprint density at radius 3 is 2.40 bits per heavy atom. The number of benzene rings is 1. The van der Waals surface area contributed by atoms with Gasteiger partial charge in [-0.1, -0.05) is 13.8 Å². The van der Waals surface area contributed by atoms with Crippen LogP contribution in [0.3, 0.4) is 0 Å². The fourth-order valence-electron chi connectivity index (χ4n) is 4.01. The molecule has 1 aromatic rings. The summed E-state index contributed by atoms with van der Waals surface area (Å²) in [5.41, 5.74) is 5.62. The van der Waals surface area contributed by atoms with Crippen LogP contribution in [0.4, 0.5) is 13.2 Å². The van der Waals surface area contributed by atoms with E-state index in [1.165, 1.54) is 11.8 Å². The summed E-state index contributed by atoms with van der Waals surface area (Å²) in [6.45, 7) is 5.61. The number of nitrogens with one attached hydrogen (secondary N) is 2. The van der Waals surface area contributed by atoms with Crippen molar-refractivity contribution in [1.29, 1.82) is 5.26 Å². The second kappa shape index (κ2) is 12.5. The zero-order valence-electron chi connectivity index (χ0n) is 20.1. The van der Waals surface area contributed by atoms with Crippen molar-refractivity contribution in [3.05, 3.63) is 35.1 Å². The highest BCUT2D eigenvalue weighted by atomic mass is 19.2. The summed E-state index contributed by atoms with van der Waals surface area (Å²) in [4.78, 5) is 39.3. The summed E-state index contributed by atoms with van der Waals surface area (Å²) < 4.78 is 41.3. The Morgan fingerprint density at radius 1 is 1.11 bits per heavy atom. The van der Waals surface area contributed by atoms with Crippen LogP contribution in [0.25, 0.3) is 0 Å². The number of nitrogens with zero attached hydrogens (tertiary/aromatic N) is 2. The molecule has 8 nitrogen and oxygen atoms in total. The molecule has 4 N–H and O–H groups in total. The Morgan fingerprint density at radius 2 is 1.77 bits per heavy atom. The monoisotopic (exact) mass is 495 g/mol. The highest BCUT2D eigenvalue weighted by molar-refractivity contribution is 5.90. The maximum Gasteiger partial charge on any atom is 0.242 e. The standard InChI is InChI=1S/C24H32F3N5O3/c1-13(2)7-21(29)24(35)30-14(3)23(34)31-16(8-15-9-19(26)20(27)11-18(15)25)10-22(33)32-6-4-5-17(32)12-28/h9,11,13-14,16-17,21H,4-8,10,29H2,1-3H3,(H,30,35)(H,31,34).